The molecule has 2 aromatic heterocycles. The second-order valence-corrected chi connectivity index (χ2v) is 7.65. The minimum atomic E-state index is 0. The summed E-state index contributed by atoms with van der Waals surface area (Å²) in [4.78, 5) is 15.9. The third kappa shape index (κ3) is 7.43. The molecule has 9 heteroatoms. The van der Waals surface area contributed by atoms with Gasteiger partial charge in [0.2, 0.25) is 5.91 Å². The normalized spacial score (nSPS) is 15.0. The minimum Gasteiger partial charge on any atom is -0.320 e. The first kappa shape index (κ1) is 23.9. The summed E-state index contributed by atoms with van der Waals surface area (Å²) < 4.78 is 1.84. The van der Waals surface area contributed by atoms with Crippen LogP contribution in [-0.4, -0.2) is 53.8 Å². The van der Waals surface area contributed by atoms with Crippen molar-refractivity contribution in [2.45, 2.75) is 25.8 Å². The molecule has 1 amide bonds. The predicted molar refractivity (Wildman–Crippen MR) is 116 cm³/mol. The molecular formula is C18H29Cl2N5OS. The van der Waals surface area contributed by atoms with Gasteiger partial charge in [0.15, 0.2) is 0 Å². The number of thiophene rings is 1. The van der Waals surface area contributed by atoms with Gasteiger partial charge in [0.05, 0.1) is 19.3 Å². The van der Waals surface area contributed by atoms with Gasteiger partial charge >= 0.3 is 0 Å². The first-order valence-electron chi connectivity index (χ1n) is 8.95. The molecule has 0 aromatic carbocycles. The van der Waals surface area contributed by atoms with Crippen LogP contribution in [0.25, 0.3) is 0 Å². The van der Waals surface area contributed by atoms with E-state index in [-0.39, 0.29) is 30.7 Å². The maximum atomic E-state index is 12.4. The van der Waals surface area contributed by atoms with E-state index in [0.717, 1.165) is 31.4 Å². The van der Waals surface area contributed by atoms with Crippen LogP contribution < -0.4 is 10.6 Å². The summed E-state index contributed by atoms with van der Waals surface area (Å²) in [7, 11) is 2.00. The lowest BCUT2D eigenvalue weighted by molar-refractivity contribution is -0.117. The van der Waals surface area contributed by atoms with Gasteiger partial charge in [-0.1, -0.05) is 6.07 Å². The van der Waals surface area contributed by atoms with E-state index in [9.17, 15) is 4.79 Å². The molecule has 27 heavy (non-hydrogen) atoms. The number of likely N-dealkylation sites (tertiary alicyclic amines) is 1. The Morgan fingerprint density at radius 2 is 2.07 bits per heavy atom. The Kier molecular flexibility index (Phi) is 10.9. The SMILES string of the molecule is CNCCC1CCN(CC(=O)Nc2ccnn2Cc2cccs2)CC1.Cl.Cl. The summed E-state index contributed by atoms with van der Waals surface area (Å²) in [6.07, 6.45) is 5.34. The van der Waals surface area contributed by atoms with Crippen molar-refractivity contribution in [3.63, 3.8) is 0 Å². The van der Waals surface area contributed by atoms with Gasteiger partial charge in [-0.25, -0.2) is 4.68 Å². The molecule has 2 N–H and O–H groups in total. The number of halogens is 2. The maximum absolute atomic E-state index is 12.4. The standard InChI is InChI=1S/C18H27N5OS.2ClH/c1-19-8-4-15-6-10-22(11-7-15)14-18(24)21-17-5-9-20-23(17)13-16-3-2-12-25-16;;/h2-3,5,9,12,15,19H,4,6-8,10-11,13-14H2,1H3,(H,21,24);2*1H. The fourth-order valence-corrected chi connectivity index (χ4v) is 3.97. The maximum Gasteiger partial charge on any atom is 0.239 e. The van der Waals surface area contributed by atoms with E-state index < -0.39 is 0 Å². The molecule has 1 fully saturated rings. The summed E-state index contributed by atoms with van der Waals surface area (Å²) in [5, 5.41) is 12.6. The van der Waals surface area contributed by atoms with Gasteiger partial charge in [-0.05, 0) is 63.3 Å². The van der Waals surface area contributed by atoms with E-state index in [4.69, 9.17) is 0 Å². The van der Waals surface area contributed by atoms with Gasteiger partial charge in [-0.3, -0.25) is 9.69 Å². The molecular weight excluding hydrogens is 405 g/mol. The summed E-state index contributed by atoms with van der Waals surface area (Å²) in [6.45, 7) is 4.26. The molecule has 1 aliphatic heterocycles. The van der Waals surface area contributed by atoms with Crippen LogP contribution in [0.3, 0.4) is 0 Å². The van der Waals surface area contributed by atoms with Gasteiger partial charge in [0.1, 0.15) is 5.82 Å². The molecule has 1 saturated heterocycles. The fourth-order valence-electron chi connectivity index (χ4n) is 3.28. The number of carbonyl (C=O) groups is 1. The fraction of sp³-hybridized carbons (Fsp3) is 0.556. The lowest BCUT2D eigenvalue weighted by atomic mass is 9.93. The molecule has 0 spiro atoms. The topological polar surface area (TPSA) is 62.2 Å². The second-order valence-electron chi connectivity index (χ2n) is 6.61. The van der Waals surface area contributed by atoms with E-state index in [1.54, 1.807) is 17.5 Å². The number of nitrogens with zero attached hydrogens (tertiary/aromatic N) is 3. The van der Waals surface area contributed by atoms with Crippen LogP contribution >= 0.6 is 36.2 Å². The highest BCUT2D eigenvalue weighted by molar-refractivity contribution is 7.09. The highest BCUT2D eigenvalue weighted by atomic mass is 35.5. The largest absolute Gasteiger partial charge is 0.320 e. The van der Waals surface area contributed by atoms with Gasteiger partial charge in [-0.15, -0.1) is 36.2 Å². The monoisotopic (exact) mass is 433 g/mol. The van der Waals surface area contributed by atoms with Crippen LogP contribution in [0.1, 0.15) is 24.1 Å². The molecule has 0 radical (unpaired) electrons. The predicted octanol–water partition coefficient (Wildman–Crippen LogP) is 3.10. The Hall–Kier alpha value is -1.12. The Morgan fingerprint density at radius 1 is 1.30 bits per heavy atom. The quantitative estimate of drug-likeness (QED) is 0.671. The number of nitrogens with one attached hydrogen (secondary N) is 2. The highest BCUT2D eigenvalue weighted by Gasteiger charge is 2.20. The van der Waals surface area contributed by atoms with Crippen molar-refractivity contribution in [2.75, 3.05) is 38.5 Å². The van der Waals surface area contributed by atoms with Gasteiger partial charge < -0.3 is 10.6 Å². The van der Waals surface area contributed by atoms with Crippen molar-refractivity contribution in [1.82, 2.24) is 20.0 Å². The number of rotatable bonds is 8. The number of anilines is 1. The van der Waals surface area contributed by atoms with Crippen molar-refractivity contribution in [1.29, 1.82) is 0 Å². The molecule has 0 aliphatic carbocycles. The highest BCUT2D eigenvalue weighted by Crippen LogP contribution is 2.20. The molecule has 152 valence electrons. The summed E-state index contributed by atoms with van der Waals surface area (Å²) in [5.41, 5.74) is 0. The Labute approximate surface area is 177 Å². The van der Waals surface area contributed by atoms with Gasteiger partial charge in [-0.2, -0.15) is 5.10 Å². The number of amides is 1. The third-order valence-electron chi connectivity index (χ3n) is 4.75. The molecule has 3 heterocycles. The average Bonchev–Trinajstić information content (AvgIpc) is 3.27. The number of hydrogen-bond donors (Lipinski definition) is 2. The van der Waals surface area contributed by atoms with E-state index in [0.29, 0.717) is 13.1 Å². The summed E-state index contributed by atoms with van der Waals surface area (Å²) in [6, 6.07) is 5.97. The second kappa shape index (κ2) is 12.4. The van der Waals surface area contributed by atoms with Crippen molar-refractivity contribution in [2.24, 2.45) is 5.92 Å². The smallest absolute Gasteiger partial charge is 0.239 e. The molecule has 0 bridgehead atoms. The van der Waals surface area contributed by atoms with Gasteiger partial charge in [0, 0.05) is 10.9 Å². The van der Waals surface area contributed by atoms with Crippen LogP contribution in [0.4, 0.5) is 5.82 Å². The lowest BCUT2D eigenvalue weighted by Gasteiger charge is -2.31. The Morgan fingerprint density at radius 3 is 2.74 bits per heavy atom. The Bertz CT molecular complexity index is 657. The number of hydrogen-bond acceptors (Lipinski definition) is 5. The molecule has 0 unspecified atom stereocenters. The molecule has 6 nitrogen and oxygen atoms in total. The van der Waals surface area contributed by atoms with Crippen LogP contribution in [0.2, 0.25) is 0 Å². The van der Waals surface area contributed by atoms with Crippen molar-refractivity contribution in [3.05, 3.63) is 34.7 Å². The Balaban J connectivity index is 0.00000182. The molecule has 1 aliphatic rings. The number of carbonyl (C=O) groups excluding carboxylic acids is 1. The molecule has 2 aromatic rings. The van der Waals surface area contributed by atoms with Crippen LogP contribution in [0, 0.1) is 5.92 Å². The van der Waals surface area contributed by atoms with E-state index in [1.807, 2.05) is 23.9 Å². The number of piperidine rings is 1. The molecule has 3 rings (SSSR count). The zero-order valence-corrected chi connectivity index (χ0v) is 18.0. The first-order chi connectivity index (χ1) is 12.2. The van der Waals surface area contributed by atoms with Crippen molar-refractivity contribution < 1.29 is 4.79 Å². The lowest BCUT2D eigenvalue weighted by Crippen LogP contribution is -2.39. The zero-order valence-electron chi connectivity index (χ0n) is 15.6. The average molecular weight is 434 g/mol. The summed E-state index contributed by atoms with van der Waals surface area (Å²) >= 11 is 1.70. The van der Waals surface area contributed by atoms with Crippen LogP contribution in [-0.2, 0) is 11.3 Å². The van der Waals surface area contributed by atoms with Crippen LogP contribution in [0.15, 0.2) is 29.8 Å². The minimum absolute atomic E-state index is 0. The summed E-state index contributed by atoms with van der Waals surface area (Å²) in [5.74, 6) is 1.60. The zero-order chi connectivity index (χ0) is 17.5. The molecule has 0 atom stereocenters. The molecule has 0 saturated carbocycles. The van der Waals surface area contributed by atoms with E-state index >= 15 is 0 Å². The van der Waals surface area contributed by atoms with E-state index in [1.165, 1.54) is 24.1 Å². The van der Waals surface area contributed by atoms with Gasteiger partial charge in [0.25, 0.3) is 0 Å². The third-order valence-corrected chi connectivity index (χ3v) is 5.61. The van der Waals surface area contributed by atoms with Crippen molar-refractivity contribution >= 4 is 47.9 Å². The van der Waals surface area contributed by atoms with Crippen molar-refractivity contribution in [3.8, 4) is 0 Å². The first-order valence-corrected chi connectivity index (χ1v) is 9.83. The van der Waals surface area contributed by atoms with E-state index in [2.05, 4.69) is 32.1 Å². The number of aromatic nitrogens is 2. The van der Waals surface area contributed by atoms with Crippen LogP contribution in [0.5, 0.6) is 0 Å².